The van der Waals surface area contributed by atoms with Gasteiger partial charge in [-0.2, -0.15) is 0 Å². The number of aliphatic hydroxyl groups is 1. The van der Waals surface area contributed by atoms with Crippen molar-refractivity contribution in [3.05, 3.63) is 0 Å². The van der Waals surface area contributed by atoms with Gasteiger partial charge in [-0.3, -0.25) is 4.79 Å². The molecule has 0 bridgehead atoms. The van der Waals surface area contributed by atoms with Crippen molar-refractivity contribution in [3.8, 4) is 0 Å². The predicted molar refractivity (Wildman–Crippen MR) is 49.7 cm³/mol. The second-order valence-corrected chi connectivity index (χ2v) is 3.33. The summed E-state index contributed by atoms with van der Waals surface area (Å²) < 4.78 is 9.57. The molecular formula is C9H15NO5. The zero-order valence-corrected chi connectivity index (χ0v) is 8.35. The minimum Gasteiger partial charge on any atom is -0.463 e. The average molecular weight is 217 g/mol. The SMILES string of the molecule is NCC(CCO)C(=O)OC1CCOC1=O. The Balaban J connectivity index is 2.42. The van der Waals surface area contributed by atoms with Crippen molar-refractivity contribution in [1.29, 1.82) is 0 Å². The van der Waals surface area contributed by atoms with Gasteiger partial charge in [-0.25, -0.2) is 4.79 Å². The lowest BCUT2D eigenvalue weighted by Crippen LogP contribution is -2.31. The first-order valence-electron chi connectivity index (χ1n) is 4.87. The number of esters is 2. The lowest BCUT2D eigenvalue weighted by atomic mass is 10.1. The Morgan fingerprint density at radius 3 is 2.93 bits per heavy atom. The van der Waals surface area contributed by atoms with Gasteiger partial charge in [-0.1, -0.05) is 0 Å². The summed E-state index contributed by atoms with van der Waals surface area (Å²) in [6, 6.07) is 0. The number of rotatable bonds is 5. The molecule has 2 unspecified atom stereocenters. The van der Waals surface area contributed by atoms with Crippen molar-refractivity contribution < 1.29 is 24.2 Å². The Morgan fingerprint density at radius 2 is 2.47 bits per heavy atom. The molecule has 1 aliphatic rings. The molecule has 1 rings (SSSR count). The Hall–Kier alpha value is -1.14. The van der Waals surface area contributed by atoms with Gasteiger partial charge in [-0.05, 0) is 6.42 Å². The van der Waals surface area contributed by atoms with E-state index < -0.39 is 24.0 Å². The summed E-state index contributed by atoms with van der Waals surface area (Å²) in [4.78, 5) is 22.4. The molecule has 1 aliphatic heterocycles. The number of hydrogen-bond acceptors (Lipinski definition) is 6. The molecule has 0 spiro atoms. The van der Waals surface area contributed by atoms with Crippen LogP contribution in [0.5, 0.6) is 0 Å². The summed E-state index contributed by atoms with van der Waals surface area (Å²) in [5.74, 6) is -1.61. The van der Waals surface area contributed by atoms with Crippen LogP contribution in [0.3, 0.4) is 0 Å². The fourth-order valence-electron chi connectivity index (χ4n) is 1.31. The van der Waals surface area contributed by atoms with Crippen molar-refractivity contribution in [2.45, 2.75) is 18.9 Å². The van der Waals surface area contributed by atoms with E-state index in [1.54, 1.807) is 0 Å². The second-order valence-electron chi connectivity index (χ2n) is 3.33. The van der Waals surface area contributed by atoms with Gasteiger partial charge in [0.1, 0.15) is 0 Å². The van der Waals surface area contributed by atoms with Crippen molar-refractivity contribution in [2.75, 3.05) is 19.8 Å². The first kappa shape index (κ1) is 11.9. The summed E-state index contributed by atoms with van der Waals surface area (Å²) >= 11 is 0. The normalized spacial score (nSPS) is 22.3. The van der Waals surface area contributed by atoms with Crippen LogP contribution in [0.25, 0.3) is 0 Å². The van der Waals surface area contributed by atoms with Gasteiger partial charge in [0.2, 0.25) is 6.10 Å². The van der Waals surface area contributed by atoms with E-state index >= 15 is 0 Å². The smallest absolute Gasteiger partial charge is 0.347 e. The minimum absolute atomic E-state index is 0.0984. The molecule has 0 amide bonds. The molecule has 86 valence electrons. The molecule has 0 aromatic carbocycles. The highest BCUT2D eigenvalue weighted by Gasteiger charge is 2.32. The summed E-state index contributed by atoms with van der Waals surface area (Å²) in [5.41, 5.74) is 5.34. The Bertz CT molecular complexity index is 243. The lowest BCUT2D eigenvalue weighted by molar-refractivity contribution is -0.163. The molecular weight excluding hydrogens is 202 g/mol. The van der Waals surface area contributed by atoms with Gasteiger partial charge in [0, 0.05) is 19.6 Å². The quantitative estimate of drug-likeness (QED) is 0.561. The number of hydrogen-bond donors (Lipinski definition) is 2. The minimum atomic E-state index is -0.801. The molecule has 1 saturated heterocycles. The Labute approximate surface area is 87.3 Å². The molecule has 0 radical (unpaired) electrons. The van der Waals surface area contributed by atoms with Crippen LogP contribution in [0.4, 0.5) is 0 Å². The number of carbonyl (C=O) groups excluding carboxylic acids is 2. The van der Waals surface area contributed by atoms with E-state index in [0.717, 1.165) is 0 Å². The highest BCUT2D eigenvalue weighted by molar-refractivity contribution is 5.81. The van der Waals surface area contributed by atoms with E-state index in [-0.39, 0.29) is 26.2 Å². The van der Waals surface area contributed by atoms with Gasteiger partial charge in [0.05, 0.1) is 12.5 Å². The van der Waals surface area contributed by atoms with E-state index in [1.165, 1.54) is 0 Å². The predicted octanol–water partition coefficient (Wildman–Crippen LogP) is -1.20. The summed E-state index contributed by atoms with van der Waals surface area (Å²) in [6.07, 6.45) is -0.164. The largest absolute Gasteiger partial charge is 0.463 e. The van der Waals surface area contributed by atoms with Crippen LogP contribution >= 0.6 is 0 Å². The first-order valence-corrected chi connectivity index (χ1v) is 4.87. The van der Waals surface area contributed by atoms with Crippen molar-refractivity contribution in [3.63, 3.8) is 0 Å². The van der Waals surface area contributed by atoms with Gasteiger partial charge in [0.15, 0.2) is 0 Å². The molecule has 0 aromatic rings. The van der Waals surface area contributed by atoms with Crippen molar-refractivity contribution >= 4 is 11.9 Å². The van der Waals surface area contributed by atoms with E-state index in [0.29, 0.717) is 6.42 Å². The number of cyclic esters (lactones) is 1. The van der Waals surface area contributed by atoms with Crippen molar-refractivity contribution in [2.24, 2.45) is 11.7 Å². The highest BCUT2D eigenvalue weighted by atomic mass is 16.6. The molecule has 1 heterocycles. The van der Waals surface area contributed by atoms with Gasteiger partial charge in [-0.15, -0.1) is 0 Å². The zero-order valence-electron chi connectivity index (χ0n) is 8.35. The maximum Gasteiger partial charge on any atom is 0.347 e. The van der Waals surface area contributed by atoms with Crippen LogP contribution < -0.4 is 5.73 Å². The molecule has 0 aromatic heterocycles. The highest BCUT2D eigenvalue weighted by Crippen LogP contribution is 2.13. The average Bonchev–Trinajstić information content (AvgIpc) is 2.60. The van der Waals surface area contributed by atoms with Crippen LogP contribution in [0.1, 0.15) is 12.8 Å². The Kier molecular flexibility index (Phi) is 4.51. The fraction of sp³-hybridized carbons (Fsp3) is 0.778. The number of carbonyl (C=O) groups is 2. The molecule has 0 saturated carbocycles. The Morgan fingerprint density at radius 1 is 1.73 bits per heavy atom. The summed E-state index contributed by atoms with van der Waals surface area (Å²) in [5, 5.41) is 8.67. The van der Waals surface area contributed by atoms with Crippen LogP contribution in [0, 0.1) is 5.92 Å². The first-order chi connectivity index (χ1) is 7.19. The molecule has 0 aliphatic carbocycles. The van der Waals surface area contributed by atoms with E-state index in [2.05, 4.69) is 4.74 Å². The maximum atomic E-state index is 11.4. The van der Waals surface area contributed by atoms with Crippen LogP contribution in [0.15, 0.2) is 0 Å². The molecule has 1 fully saturated rings. The van der Waals surface area contributed by atoms with Crippen LogP contribution in [-0.4, -0.2) is 42.9 Å². The second kappa shape index (κ2) is 5.67. The van der Waals surface area contributed by atoms with Gasteiger partial charge >= 0.3 is 11.9 Å². The van der Waals surface area contributed by atoms with E-state index in [4.69, 9.17) is 15.6 Å². The van der Waals surface area contributed by atoms with Gasteiger partial charge in [0.25, 0.3) is 0 Å². The van der Waals surface area contributed by atoms with E-state index in [9.17, 15) is 9.59 Å². The van der Waals surface area contributed by atoms with Crippen LogP contribution in [-0.2, 0) is 19.1 Å². The molecule has 2 atom stereocenters. The molecule has 3 N–H and O–H groups in total. The van der Waals surface area contributed by atoms with E-state index in [1.807, 2.05) is 0 Å². The van der Waals surface area contributed by atoms with Crippen molar-refractivity contribution in [1.82, 2.24) is 0 Å². The number of aliphatic hydroxyl groups excluding tert-OH is 1. The molecule has 6 nitrogen and oxygen atoms in total. The topological polar surface area (TPSA) is 98.8 Å². The summed E-state index contributed by atoms with van der Waals surface area (Å²) in [6.45, 7) is 0.247. The third-order valence-corrected chi connectivity index (χ3v) is 2.24. The third-order valence-electron chi connectivity index (χ3n) is 2.24. The lowest BCUT2D eigenvalue weighted by Gasteiger charge is -2.14. The monoisotopic (exact) mass is 217 g/mol. The van der Waals surface area contributed by atoms with Crippen LogP contribution in [0.2, 0.25) is 0 Å². The maximum absolute atomic E-state index is 11.4. The zero-order chi connectivity index (χ0) is 11.3. The molecule has 6 heteroatoms. The standard InChI is InChI=1S/C9H15NO5/c10-5-6(1-3-11)8(12)15-7-2-4-14-9(7)13/h6-7,11H,1-5,10H2. The summed E-state index contributed by atoms with van der Waals surface area (Å²) in [7, 11) is 0. The third kappa shape index (κ3) is 3.17. The van der Waals surface area contributed by atoms with Gasteiger partial charge < -0.3 is 20.3 Å². The number of ether oxygens (including phenoxy) is 2. The fourth-order valence-corrected chi connectivity index (χ4v) is 1.31. The number of nitrogens with two attached hydrogens (primary N) is 1. The molecule has 15 heavy (non-hydrogen) atoms.